The summed E-state index contributed by atoms with van der Waals surface area (Å²) in [5.74, 6) is 0.731. The summed E-state index contributed by atoms with van der Waals surface area (Å²) >= 11 is 0. The Labute approximate surface area is 325 Å². The van der Waals surface area contributed by atoms with Gasteiger partial charge in [0.25, 0.3) is 0 Å². The van der Waals surface area contributed by atoms with Crippen molar-refractivity contribution in [2.75, 3.05) is 4.90 Å². The van der Waals surface area contributed by atoms with Gasteiger partial charge in [0.05, 0.1) is 22.3 Å². The normalized spacial score (nSPS) is 15.3. The molecule has 0 aliphatic carbocycles. The number of furan rings is 1. The Balaban J connectivity index is 1.15. The maximum Gasteiger partial charge on any atom is 0.148 e. The molecule has 0 amide bonds. The second-order valence-electron chi connectivity index (χ2n) is 13.9. The van der Waals surface area contributed by atoms with Crippen molar-refractivity contribution in [3.63, 3.8) is 0 Å². The monoisotopic (exact) mass is 723 g/mol. The molecule has 0 bridgehead atoms. The fraction of sp³-hybridized carbons (Fsp3) is 0.0400. The van der Waals surface area contributed by atoms with Crippen LogP contribution in [0.1, 0.15) is 29.2 Å². The van der Waals surface area contributed by atoms with E-state index in [2.05, 4.69) is 166 Å². The van der Waals surface area contributed by atoms with E-state index >= 15 is 0 Å². The maximum atomic E-state index is 6.85. The summed E-state index contributed by atoms with van der Waals surface area (Å²) in [6.07, 6.45) is 1.22. The van der Waals surface area contributed by atoms with Gasteiger partial charge < -0.3 is 14.6 Å². The van der Waals surface area contributed by atoms with E-state index in [9.17, 15) is 0 Å². The van der Waals surface area contributed by atoms with E-state index < -0.39 is 0 Å². The first-order valence-electron chi connectivity index (χ1n) is 18.9. The lowest BCUT2D eigenvalue weighted by Gasteiger charge is -2.32. The number of hydrogen-bond acceptors (Lipinski definition) is 6. The Morgan fingerprint density at radius 1 is 0.518 bits per heavy atom. The highest BCUT2D eigenvalue weighted by Gasteiger charge is 2.29. The van der Waals surface area contributed by atoms with Crippen LogP contribution >= 0.6 is 0 Å². The number of anilines is 3. The molecule has 7 aromatic carbocycles. The van der Waals surface area contributed by atoms with Crippen molar-refractivity contribution < 1.29 is 4.42 Å². The molecule has 0 radical (unpaired) electrons. The number of pyridine rings is 1. The smallest absolute Gasteiger partial charge is 0.148 e. The number of amidine groups is 1. The highest BCUT2D eigenvalue weighted by molar-refractivity contribution is 6.20. The molecule has 6 nitrogen and oxygen atoms in total. The Morgan fingerprint density at radius 2 is 1.09 bits per heavy atom. The first-order chi connectivity index (χ1) is 27.8. The van der Waals surface area contributed by atoms with Gasteiger partial charge in [-0.2, -0.15) is 0 Å². The number of nitrogens with one attached hydrogen (secondary N) is 2. The molecule has 6 heteroatoms. The van der Waals surface area contributed by atoms with E-state index in [1.807, 2.05) is 54.7 Å². The zero-order valence-electron chi connectivity index (χ0n) is 30.5. The van der Waals surface area contributed by atoms with Crippen LogP contribution in [0.3, 0.4) is 0 Å². The number of hydrogen-bond donors (Lipinski definition) is 2. The molecule has 56 heavy (non-hydrogen) atoms. The number of aliphatic imine (C=N–C) groups is 1. The number of nitrogens with zero attached hydrogens (tertiary/aromatic N) is 3. The van der Waals surface area contributed by atoms with Crippen molar-refractivity contribution in [3.8, 4) is 22.3 Å². The fourth-order valence-electron chi connectivity index (χ4n) is 7.68. The molecule has 1 aliphatic heterocycles. The van der Waals surface area contributed by atoms with Gasteiger partial charge in [-0.25, -0.2) is 4.99 Å². The Bertz CT molecular complexity index is 2700. The highest BCUT2D eigenvalue weighted by Crippen LogP contribution is 2.45. The summed E-state index contributed by atoms with van der Waals surface area (Å²) in [5.41, 5.74) is 12.1. The molecule has 0 spiro atoms. The van der Waals surface area contributed by atoms with E-state index in [0.717, 1.165) is 72.8 Å². The van der Waals surface area contributed by atoms with Crippen LogP contribution in [0.15, 0.2) is 210 Å². The molecule has 268 valence electrons. The SMILES string of the molecule is c1ccc(-c2ccc(N(c3ccc(-c4ccccc4)cc3)c3ccc(C4=NC(c5ccccn5)NC(c5ccccc5)N4)c4oc5ccccc5c34)cc2)cc1. The fourth-order valence-corrected chi connectivity index (χ4v) is 7.68. The van der Waals surface area contributed by atoms with Gasteiger partial charge >= 0.3 is 0 Å². The molecule has 0 saturated carbocycles. The molecule has 10 rings (SSSR count). The molecular formula is C50H37N5O. The van der Waals surface area contributed by atoms with E-state index in [1.165, 1.54) is 11.1 Å². The third-order valence-corrected chi connectivity index (χ3v) is 10.4. The van der Waals surface area contributed by atoms with Crippen molar-refractivity contribution in [3.05, 3.63) is 217 Å². The third-order valence-electron chi connectivity index (χ3n) is 10.4. The van der Waals surface area contributed by atoms with Crippen LogP contribution in [0.25, 0.3) is 44.2 Å². The first-order valence-corrected chi connectivity index (χ1v) is 18.9. The van der Waals surface area contributed by atoms with Crippen LogP contribution in [0.5, 0.6) is 0 Å². The molecule has 2 N–H and O–H groups in total. The van der Waals surface area contributed by atoms with Crippen LogP contribution in [0.2, 0.25) is 0 Å². The predicted octanol–water partition coefficient (Wildman–Crippen LogP) is 12.1. The minimum Gasteiger partial charge on any atom is -0.455 e. The summed E-state index contributed by atoms with van der Waals surface area (Å²) in [6, 6.07) is 67.5. The van der Waals surface area contributed by atoms with E-state index in [-0.39, 0.29) is 12.3 Å². The lowest BCUT2D eigenvalue weighted by Crippen LogP contribution is -2.45. The van der Waals surface area contributed by atoms with Crippen LogP contribution in [-0.2, 0) is 0 Å². The average Bonchev–Trinajstić information content (AvgIpc) is 3.68. The quantitative estimate of drug-likeness (QED) is 0.163. The summed E-state index contributed by atoms with van der Waals surface area (Å²) in [6.45, 7) is 0. The lowest BCUT2D eigenvalue weighted by molar-refractivity contribution is 0.403. The molecule has 2 aromatic heterocycles. The van der Waals surface area contributed by atoms with Gasteiger partial charge in [-0.1, -0.05) is 140 Å². The number of aromatic nitrogens is 1. The van der Waals surface area contributed by atoms with Gasteiger partial charge in [-0.05, 0) is 82.4 Å². The van der Waals surface area contributed by atoms with Crippen LogP contribution in [0, 0.1) is 0 Å². The average molecular weight is 724 g/mol. The Morgan fingerprint density at radius 3 is 1.71 bits per heavy atom. The zero-order chi connectivity index (χ0) is 37.3. The molecule has 9 aromatic rings. The van der Waals surface area contributed by atoms with Crippen LogP contribution in [0.4, 0.5) is 17.1 Å². The minimum atomic E-state index is -0.375. The van der Waals surface area contributed by atoms with Crippen LogP contribution in [-0.4, -0.2) is 10.8 Å². The molecular weight excluding hydrogens is 687 g/mol. The van der Waals surface area contributed by atoms with Gasteiger partial charge in [0.15, 0.2) is 0 Å². The topological polar surface area (TPSA) is 65.7 Å². The van der Waals surface area contributed by atoms with Gasteiger partial charge in [-0.15, -0.1) is 0 Å². The molecule has 0 saturated heterocycles. The van der Waals surface area contributed by atoms with Gasteiger partial charge in [0, 0.05) is 23.0 Å². The van der Waals surface area contributed by atoms with E-state index in [1.54, 1.807) is 0 Å². The predicted molar refractivity (Wildman–Crippen MR) is 228 cm³/mol. The van der Waals surface area contributed by atoms with Crippen LogP contribution < -0.4 is 15.5 Å². The van der Waals surface area contributed by atoms with Crippen molar-refractivity contribution in [2.45, 2.75) is 12.3 Å². The summed E-state index contributed by atoms with van der Waals surface area (Å²) in [5, 5.41) is 9.42. The van der Waals surface area contributed by atoms with Crippen molar-refractivity contribution >= 4 is 44.8 Å². The second-order valence-corrected chi connectivity index (χ2v) is 13.9. The molecule has 1 aliphatic rings. The Kier molecular flexibility index (Phi) is 8.63. The number of rotatable bonds is 8. The minimum absolute atomic E-state index is 0.211. The summed E-state index contributed by atoms with van der Waals surface area (Å²) in [4.78, 5) is 12.3. The first kappa shape index (κ1) is 33.3. The molecule has 3 heterocycles. The standard InChI is InChI=1S/C50H37N5O/c1-4-14-34(15-5-1)36-23-27-39(28-24-36)55(40-29-25-37(26-30-40)35-16-6-2-7-17-35)44-32-31-42(47-46(44)41-20-10-11-22-45(41)56-47)49-52-48(38-18-8-3-9-19-38)53-50(54-49)43-21-12-13-33-51-43/h1-33,48,50,53H,(H,52,54). The largest absolute Gasteiger partial charge is 0.455 e. The Hall–Kier alpha value is -7.28. The zero-order valence-corrected chi connectivity index (χ0v) is 30.5. The van der Waals surface area contributed by atoms with Gasteiger partial charge in [-0.3, -0.25) is 10.3 Å². The molecule has 0 fully saturated rings. The maximum absolute atomic E-state index is 6.85. The lowest BCUT2D eigenvalue weighted by atomic mass is 10.0. The third kappa shape index (κ3) is 6.28. The molecule has 2 unspecified atom stereocenters. The van der Waals surface area contributed by atoms with E-state index in [0.29, 0.717) is 0 Å². The summed E-state index contributed by atoms with van der Waals surface area (Å²) < 4.78 is 6.85. The second kappa shape index (κ2) is 14.5. The van der Waals surface area contributed by atoms with Gasteiger partial charge in [0.1, 0.15) is 29.3 Å². The van der Waals surface area contributed by atoms with Crippen molar-refractivity contribution in [1.82, 2.24) is 15.6 Å². The number of benzene rings is 7. The number of fused-ring (bicyclic) bond motifs is 3. The van der Waals surface area contributed by atoms with Crippen molar-refractivity contribution in [1.29, 1.82) is 0 Å². The summed E-state index contributed by atoms with van der Waals surface area (Å²) in [7, 11) is 0. The molecule has 2 atom stereocenters. The van der Waals surface area contributed by atoms with Gasteiger partial charge in [0.2, 0.25) is 0 Å². The number of para-hydroxylation sites is 1. The van der Waals surface area contributed by atoms with E-state index in [4.69, 9.17) is 9.41 Å². The highest BCUT2D eigenvalue weighted by atomic mass is 16.3. The van der Waals surface area contributed by atoms with Crippen molar-refractivity contribution in [2.24, 2.45) is 4.99 Å².